The molecule has 3 aromatic heterocycles. The molecule has 10 aromatic rings. The van der Waals surface area contributed by atoms with Gasteiger partial charge in [-0.25, -0.2) is 9.97 Å². The minimum absolute atomic E-state index is 0.614. The van der Waals surface area contributed by atoms with Gasteiger partial charge in [0.15, 0.2) is 5.58 Å². The lowest BCUT2D eigenvalue weighted by Crippen LogP contribution is -1.95. The summed E-state index contributed by atoms with van der Waals surface area (Å²) in [6, 6.07) is 64.4. The maximum Gasteiger partial charge on any atom is 0.227 e. The first-order valence-corrected chi connectivity index (χ1v) is 19.6. The van der Waals surface area contributed by atoms with Crippen molar-refractivity contribution in [3.63, 3.8) is 0 Å². The van der Waals surface area contributed by atoms with E-state index in [0.717, 1.165) is 100 Å². The number of hydrogen-bond donors (Lipinski definition) is 0. The fourth-order valence-electron chi connectivity index (χ4n) is 7.67. The van der Waals surface area contributed by atoms with Gasteiger partial charge in [0.25, 0.3) is 0 Å². The third-order valence-electron chi connectivity index (χ3n) is 10.8. The predicted molar refractivity (Wildman–Crippen MR) is 241 cm³/mol. The smallest absolute Gasteiger partial charge is 0.227 e. The summed E-state index contributed by atoms with van der Waals surface area (Å²) in [4.78, 5) is 14.6. The van der Waals surface area contributed by atoms with Gasteiger partial charge in [-0.05, 0) is 99.6 Å². The number of aryl methyl sites for hydroxylation is 1. The van der Waals surface area contributed by atoms with Crippen LogP contribution < -0.4 is 4.74 Å². The van der Waals surface area contributed by atoms with Crippen LogP contribution in [0, 0.1) is 6.92 Å². The molecule has 280 valence electrons. The van der Waals surface area contributed by atoms with E-state index >= 15 is 0 Å². The zero-order valence-electron chi connectivity index (χ0n) is 32.3. The number of aromatic nitrogens is 3. The van der Waals surface area contributed by atoms with Crippen molar-refractivity contribution in [2.75, 3.05) is 0 Å². The molecule has 5 nitrogen and oxygen atoms in total. The topological polar surface area (TPSA) is 61.0 Å². The Hall–Kier alpha value is -7.89. The molecule has 0 N–H and O–H groups in total. The number of oxazole rings is 1. The lowest BCUT2D eigenvalue weighted by Gasteiger charge is -2.14. The molecule has 0 saturated heterocycles. The maximum atomic E-state index is 6.19. The molecule has 0 spiro atoms. The van der Waals surface area contributed by atoms with Crippen LogP contribution in [0.5, 0.6) is 5.75 Å². The lowest BCUT2D eigenvalue weighted by atomic mass is 9.93. The molecule has 59 heavy (non-hydrogen) atoms. The molecule has 0 saturated carbocycles. The van der Waals surface area contributed by atoms with Gasteiger partial charge in [-0.2, -0.15) is 0 Å². The van der Waals surface area contributed by atoms with E-state index in [9.17, 15) is 0 Å². The van der Waals surface area contributed by atoms with Crippen LogP contribution in [0.3, 0.4) is 0 Å². The van der Waals surface area contributed by atoms with E-state index in [0.29, 0.717) is 11.6 Å². The molecule has 0 unspecified atom stereocenters. The van der Waals surface area contributed by atoms with Crippen LogP contribution in [0.15, 0.2) is 205 Å². The predicted octanol–water partition coefficient (Wildman–Crippen LogP) is 14.1. The maximum absolute atomic E-state index is 6.19. The first kappa shape index (κ1) is 35.5. The molecular weight excluding hydrogens is 723 g/mol. The number of pyridine rings is 2. The summed E-state index contributed by atoms with van der Waals surface area (Å²) in [5, 5.41) is 2.23. The van der Waals surface area contributed by atoms with E-state index in [1.54, 1.807) is 6.20 Å². The number of fused-ring (bicyclic) bond motifs is 2. The van der Waals surface area contributed by atoms with Crippen molar-refractivity contribution in [1.29, 1.82) is 0 Å². The van der Waals surface area contributed by atoms with Crippen LogP contribution in [-0.4, -0.2) is 15.0 Å². The lowest BCUT2D eigenvalue weighted by molar-refractivity contribution is 0.512. The first-order valence-electron chi connectivity index (χ1n) is 19.6. The zero-order chi connectivity index (χ0) is 39.7. The van der Waals surface area contributed by atoms with Crippen LogP contribution in [-0.2, 0) is 0 Å². The van der Waals surface area contributed by atoms with Gasteiger partial charge in [-0.3, -0.25) is 4.98 Å². The van der Waals surface area contributed by atoms with Crippen molar-refractivity contribution in [3.8, 4) is 73.2 Å². The number of hydrogen-bond acceptors (Lipinski definition) is 5. The van der Waals surface area contributed by atoms with Crippen LogP contribution in [0.25, 0.3) is 95.1 Å². The number of rotatable bonds is 9. The molecule has 0 aliphatic heterocycles. The van der Waals surface area contributed by atoms with Gasteiger partial charge in [0.05, 0.1) is 17.1 Å². The quantitative estimate of drug-likeness (QED) is 0.137. The molecular formula is C54H37N3O2. The fraction of sp³-hybridized carbons (Fsp3) is 0.0185. The molecule has 0 amide bonds. The molecule has 0 aliphatic rings. The summed E-state index contributed by atoms with van der Waals surface area (Å²) in [6.07, 6.45) is 1.80. The molecule has 0 fully saturated rings. The summed E-state index contributed by atoms with van der Waals surface area (Å²) in [6.45, 7) is 6.22. The second kappa shape index (κ2) is 15.2. The van der Waals surface area contributed by atoms with Crippen LogP contribution in [0.4, 0.5) is 0 Å². The zero-order valence-corrected chi connectivity index (χ0v) is 32.3. The van der Waals surface area contributed by atoms with Crippen molar-refractivity contribution >= 4 is 27.6 Å². The first-order chi connectivity index (χ1) is 29.1. The molecule has 0 bridgehead atoms. The van der Waals surface area contributed by atoms with Gasteiger partial charge in [0.2, 0.25) is 5.89 Å². The Morgan fingerprint density at radius 1 is 0.492 bits per heavy atom. The second-order valence-corrected chi connectivity index (χ2v) is 14.5. The number of benzene rings is 7. The van der Waals surface area contributed by atoms with E-state index in [2.05, 4.69) is 133 Å². The minimum Gasteiger partial charge on any atom is -0.457 e. The van der Waals surface area contributed by atoms with Gasteiger partial charge in [-0.15, -0.1) is 0 Å². The van der Waals surface area contributed by atoms with Crippen LogP contribution in [0.2, 0.25) is 0 Å². The van der Waals surface area contributed by atoms with Gasteiger partial charge in [0.1, 0.15) is 17.0 Å². The van der Waals surface area contributed by atoms with E-state index in [-0.39, 0.29) is 0 Å². The largest absolute Gasteiger partial charge is 0.457 e. The van der Waals surface area contributed by atoms with Crippen LogP contribution in [0.1, 0.15) is 11.1 Å². The average molecular weight is 760 g/mol. The third kappa shape index (κ3) is 6.96. The Morgan fingerprint density at radius 3 is 1.85 bits per heavy atom. The molecule has 10 rings (SSSR count). The molecule has 5 heteroatoms. The number of nitrogens with zero attached hydrogens (tertiary/aromatic N) is 3. The minimum atomic E-state index is 0.614. The Labute approximate surface area is 342 Å². The SMILES string of the molecule is C=C(Oc1ccccc1C)c1ccc(-c2ccc(-c3nc(-c4ccccn4)ccc3-c3ccc(-c4cccc5c(-c6nc7ccccc7o6)cccc45)cc3)cc2)cc1. The summed E-state index contributed by atoms with van der Waals surface area (Å²) in [7, 11) is 0. The van der Waals surface area contributed by atoms with Crippen molar-refractivity contribution in [1.82, 2.24) is 15.0 Å². The standard InChI is InChI=1S/C54H37N3O2/c1-35-11-3-5-18-51(35)58-36(2)37-20-22-38(23-21-37)39-24-30-42(31-25-39)53-44(32-33-49(56-53)48-16-7-8-34-55-48)41-28-26-40(27-29-41)43-12-9-14-46-45(43)13-10-15-47(46)54-57-50-17-4-6-19-52(50)59-54/h3-34H,2H2,1H3. The Balaban J connectivity index is 0.964. The van der Waals surface area contributed by atoms with Crippen molar-refractivity contribution in [2.45, 2.75) is 6.92 Å². The third-order valence-corrected chi connectivity index (χ3v) is 10.8. The Morgan fingerprint density at radius 2 is 1.12 bits per heavy atom. The second-order valence-electron chi connectivity index (χ2n) is 14.5. The van der Waals surface area contributed by atoms with Crippen molar-refractivity contribution in [3.05, 3.63) is 212 Å². The van der Waals surface area contributed by atoms with Crippen molar-refractivity contribution < 1.29 is 9.15 Å². The summed E-state index contributed by atoms with van der Waals surface area (Å²) in [5.74, 6) is 2.05. The molecule has 7 aromatic carbocycles. The van der Waals surface area contributed by atoms with Gasteiger partial charge < -0.3 is 9.15 Å². The highest BCUT2D eigenvalue weighted by Gasteiger charge is 2.16. The van der Waals surface area contributed by atoms with E-state index in [4.69, 9.17) is 19.1 Å². The van der Waals surface area contributed by atoms with Crippen LogP contribution >= 0.6 is 0 Å². The van der Waals surface area contributed by atoms with Gasteiger partial charge >= 0.3 is 0 Å². The Bertz CT molecular complexity index is 3100. The highest BCUT2D eigenvalue weighted by Crippen LogP contribution is 2.38. The highest BCUT2D eigenvalue weighted by atomic mass is 16.5. The summed E-state index contributed by atoms with van der Waals surface area (Å²) >= 11 is 0. The van der Waals surface area contributed by atoms with Gasteiger partial charge in [-0.1, -0.05) is 146 Å². The molecule has 0 atom stereocenters. The van der Waals surface area contributed by atoms with E-state index in [1.807, 2.05) is 73.7 Å². The average Bonchev–Trinajstić information content (AvgIpc) is 3.74. The monoisotopic (exact) mass is 759 g/mol. The highest BCUT2D eigenvalue weighted by molar-refractivity contribution is 6.04. The number of para-hydroxylation sites is 3. The van der Waals surface area contributed by atoms with Crippen molar-refractivity contribution in [2.24, 2.45) is 0 Å². The number of ether oxygens (including phenoxy) is 1. The van der Waals surface area contributed by atoms with Gasteiger partial charge in [0, 0.05) is 28.5 Å². The Kier molecular flexibility index (Phi) is 9.16. The molecule has 3 heterocycles. The summed E-state index contributed by atoms with van der Waals surface area (Å²) in [5.41, 5.74) is 14.7. The fourth-order valence-corrected chi connectivity index (χ4v) is 7.67. The van der Waals surface area contributed by atoms with E-state index < -0.39 is 0 Å². The normalized spacial score (nSPS) is 11.2. The summed E-state index contributed by atoms with van der Waals surface area (Å²) < 4.78 is 12.3. The molecule has 0 radical (unpaired) electrons. The molecule has 0 aliphatic carbocycles. The van der Waals surface area contributed by atoms with E-state index in [1.165, 1.54) is 0 Å².